The number of rotatable bonds is 4. The number of halogens is 2. The zero-order chi connectivity index (χ0) is 17.3. The number of thiophene rings is 1. The molecule has 1 atom stereocenters. The molecule has 8 heteroatoms. The first-order valence-electron chi connectivity index (χ1n) is 7.38. The van der Waals surface area contributed by atoms with Crippen molar-refractivity contribution in [2.45, 2.75) is 29.5 Å². The van der Waals surface area contributed by atoms with Crippen molar-refractivity contribution in [3.63, 3.8) is 0 Å². The Labute approximate surface area is 142 Å². The minimum Gasteiger partial charge on any atom is -0.331 e. The molecule has 0 radical (unpaired) electrons. The van der Waals surface area contributed by atoms with Gasteiger partial charge in [-0.05, 0) is 48.6 Å². The van der Waals surface area contributed by atoms with Gasteiger partial charge in [0.1, 0.15) is 0 Å². The van der Waals surface area contributed by atoms with Gasteiger partial charge in [0.2, 0.25) is 9.84 Å². The van der Waals surface area contributed by atoms with Gasteiger partial charge in [-0.1, -0.05) is 6.07 Å². The Morgan fingerprint density at radius 3 is 2.50 bits per heavy atom. The summed E-state index contributed by atoms with van der Waals surface area (Å²) in [6, 6.07) is 8.64. The normalized spacial score (nSPS) is 18.3. The lowest BCUT2D eigenvalue weighted by molar-refractivity contribution is 0.0738. The lowest BCUT2D eigenvalue weighted by Crippen LogP contribution is -2.30. The lowest BCUT2D eigenvalue weighted by atomic mass is 10.1. The molecule has 4 nitrogen and oxygen atoms in total. The fourth-order valence-corrected chi connectivity index (χ4v) is 4.44. The van der Waals surface area contributed by atoms with E-state index in [4.69, 9.17) is 0 Å². The van der Waals surface area contributed by atoms with E-state index in [-0.39, 0.29) is 11.9 Å². The highest BCUT2D eigenvalue weighted by atomic mass is 32.2. The Balaban J connectivity index is 1.83. The number of hydrogen-bond donors (Lipinski definition) is 0. The van der Waals surface area contributed by atoms with Gasteiger partial charge in [-0.15, -0.1) is 11.3 Å². The molecule has 1 saturated heterocycles. The maximum absolute atomic E-state index is 12.7. The van der Waals surface area contributed by atoms with E-state index in [0.717, 1.165) is 29.9 Å². The molecule has 1 aromatic carbocycles. The summed E-state index contributed by atoms with van der Waals surface area (Å²) >= 11 is 1.59. The van der Waals surface area contributed by atoms with Crippen LogP contribution in [0.2, 0.25) is 0 Å². The second-order valence-corrected chi connectivity index (χ2v) is 8.40. The van der Waals surface area contributed by atoms with E-state index in [1.807, 2.05) is 17.5 Å². The van der Waals surface area contributed by atoms with Crippen LogP contribution in [-0.2, 0) is 9.84 Å². The predicted molar refractivity (Wildman–Crippen MR) is 87.0 cm³/mol. The summed E-state index contributed by atoms with van der Waals surface area (Å²) in [6.07, 6.45) is 1.77. The molecule has 3 rings (SSSR count). The minimum absolute atomic E-state index is 0.0157. The number of amides is 1. The van der Waals surface area contributed by atoms with Crippen LogP contribution in [0, 0.1) is 0 Å². The summed E-state index contributed by atoms with van der Waals surface area (Å²) < 4.78 is 48.0. The third kappa shape index (κ3) is 3.08. The van der Waals surface area contributed by atoms with Crippen molar-refractivity contribution < 1.29 is 22.0 Å². The van der Waals surface area contributed by atoms with Crippen molar-refractivity contribution in [1.29, 1.82) is 0 Å². The molecule has 1 aromatic heterocycles. The van der Waals surface area contributed by atoms with Crippen LogP contribution in [0.4, 0.5) is 8.78 Å². The van der Waals surface area contributed by atoms with Gasteiger partial charge < -0.3 is 4.90 Å². The van der Waals surface area contributed by atoms with Crippen LogP contribution in [0.5, 0.6) is 0 Å². The van der Waals surface area contributed by atoms with Crippen LogP contribution in [-0.4, -0.2) is 31.5 Å². The van der Waals surface area contributed by atoms with Crippen molar-refractivity contribution in [3.8, 4) is 0 Å². The number of carbonyl (C=O) groups is 1. The van der Waals surface area contributed by atoms with E-state index in [1.165, 1.54) is 12.1 Å². The van der Waals surface area contributed by atoms with Crippen LogP contribution in [0.25, 0.3) is 0 Å². The first kappa shape index (κ1) is 17.0. The molecule has 0 saturated carbocycles. The molecule has 0 N–H and O–H groups in total. The summed E-state index contributed by atoms with van der Waals surface area (Å²) in [4.78, 5) is 15.1. The third-order valence-corrected chi connectivity index (χ3v) is 6.42. The third-order valence-electron chi connectivity index (χ3n) is 4.05. The maximum Gasteiger partial charge on any atom is 0.341 e. The van der Waals surface area contributed by atoms with Crippen LogP contribution in [0.1, 0.15) is 34.1 Å². The average molecular weight is 371 g/mol. The molecule has 128 valence electrons. The Hall–Kier alpha value is -1.80. The first-order chi connectivity index (χ1) is 11.4. The summed E-state index contributed by atoms with van der Waals surface area (Å²) in [7, 11) is -4.64. The summed E-state index contributed by atoms with van der Waals surface area (Å²) in [5, 5.41) is 1.96. The van der Waals surface area contributed by atoms with Gasteiger partial charge in [-0.2, -0.15) is 8.78 Å². The Kier molecular flexibility index (Phi) is 4.69. The average Bonchev–Trinajstić information content (AvgIpc) is 3.24. The largest absolute Gasteiger partial charge is 0.341 e. The SMILES string of the molecule is O=C(c1ccc(S(=O)(=O)C(F)F)cc1)N1CCC[C@H]1c1cccs1. The fourth-order valence-electron chi connectivity index (χ4n) is 2.84. The second-order valence-electron chi connectivity index (χ2n) is 5.50. The van der Waals surface area contributed by atoms with Gasteiger partial charge in [0, 0.05) is 17.0 Å². The highest BCUT2D eigenvalue weighted by molar-refractivity contribution is 7.91. The first-order valence-corrected chi connectivity index (χ1v) is 9.80. The van der Waals surface area contributed by atoms with Crippen molar-refractivity contribution >= 4 is 27.1 Å². The van der Waals surface area contributed by atoms with E-state index in [9.17, 15) is 22.0 Å². The minimum atomic E-state index is -4.64. The van der Waals surface area contributed by atoms with Crippen molar-refractivity contribution in [2.24, 2.45) is 0 Å². The number of benzene rings is 1. The molecule has 0 aliphatic carbocycles. The predicted octanol–water partition coefficient (Wildman–Crippen LogP) is 3.72. The number of hydrogen-bond acceptors (Lipinski definition) is 4. The molecule has 2 heterocycles. The lowest BCUT2D eigenvalue weighted by Gasteiger charge is -2.24. The Morgan fingerprint density at radius 2 is 1.92 bits per heavy atom. The van der Waals surface area contributed by atoms with E-state index in [2.05, 4.69) is 0 Å². The van der Waals surface area contributed by atoms with Crippen LogP contribution in [0.15, 0.2) is 46.7 Å². The standard InChI is InChI=1S/C16H15F2NO3S2/c17-16(18)24(21,22)12-7-5-11(6-8-12)15(20)19-9-1-3-13(19)14-4-2-10-23-14/h2,4-8,10,13,16H,1,3,9H2/t13-/m0/s1. The quantitative estimate of drug-likeness (QED) is 0.823. The molecular formula is C16H15F2NO3S2. The highest BCUT2D eigenvalue weighted by Crippen LogP contribution is 2.35. The Bertz CT molecular complexity index is 818. The molecular weight excluding hydrogens is 356 g/mol. The van der Waals surface area contributed by atoms with Crippen molar-refractivity contribution in [2.75, 3.05) is 6.54 Å². The topological polar surface area (TPSA) is 54.5 Å². The van der Waals surface area contributed by atoms with Gasteiger partial charge in [0.05, 0.1) is 10.9 Å². The molecule has 1 fully saturated rings. The summed E-state index contributed by atoms with van der Waals surface area (Å²) in [5.41, 5.74) is 0.298. The molecule has 0 spiro atoms. The van der Waals surface area contributed by atoms with E-state index in [1.54, 1.807) is 16.2 Å². The monoisotopic (exact) mass is 371 g/mol. The van der Waals surface area contributed by atoms with Gasteiger partial charge in [-0.25, -0.2) is 8.42 Å². The smallest absolute Gasteiger partial charge is 0.331 e. The van der Waals surface area contributed by atoms with Gasteiger partial charge in [-0.3, -0.25) is 4.79 Å². The molecule has 24 heavy (non-hydrogen) atoms. The van der Waals surface area contributed by atoms with Crippen molar-refractivity contribution in [3.05, 3.63) is 52.2 Å². The molecule has 1 amide bonds. The second kappa shape index (κ2) is 6.60. The number of nitrogens with zero attached hydrogens (tertiary/aromatic N) is 1. The summed E-state index contributed by atoms with van der Waals surface area (Å²) in [6.45, 7) is 0.623. The van der Waals surface area contributed by atoms with Crippen molar-refractivity contribution in [1.82, 2.24) is 4.90 Å². The maximum atomic E-state index is 12.7. The zero-order valence-electron chi connectivity index (χ0n) is 12.6. The number of alkyl halides is 2. The number of carbonyl (C=O) groups excluding carboxylic acids is 1. The fraction of sp³-hybridized carbons (Fsp3) is 0.312. The van der Waals surface area contributed by atoms with Gasteiger partial charge in [0.15, 0.2) is 0 Å². The molecule has 0 unspecified atom stereocenters. The molecule has 0 bridgehead atoms. The van der Waals surface area contributed by atoms with Gasteiger partial charge >= 0.3 is 5.76 Å². The van der Waals surface area contributed by atoms with Gasteiger partial charge in [0.25, 0.3) is 5.91 Å². The molecule has 1 aliphatic heterocycles. The van der Waals surface area contributed by atoms with E-state index in [0.29, 0.717) is 12.1 Å². The Morgan fingerprint density at radius 1 is 1.21 bits per heavy atom. The van der Waals surface area contributed by atoms with E-state index >= 15 is 0 Å². The van der Waals surface area contributed by atoms with Crippen LogP contribution in [0.3, 0.4) is 0 Å². The van der Waals surface area contributed by atoms with E-state index < -0.39 is 20.5 Å². The molecule has 1 aliphatic rings. The zero-order valence-corrected chi connectivity index (χ0v) is 14.2. The highest BCUT2D eigenvalue weighted by Gasteiger charge is 2.32. The van der Waals surface area contributed by atoms with Crippen LogP contribution < -0.4 is 0 Å². The number of sulfone groups is 1. The molecule has 2 aromatic rings. The van der Waals surface area contributed by atoms with Crippen LogP contribution >= 0.6 is 11.3 Å². The summed E-state index contributed by atoms with van der Waals surface area (Å²) in [5.74, 6) is -3.69. The number of likely N-dealkylation sites (tertiary alicyclic amines) is 1.